The summed E-state index contributed by atoms with van der Waals surface area (Å²) in [4.78, 5) is 13.6. The zero-order chi connectivity index (χ0) is 26.1. The Labute approximate surface area is 218 Å². The Balaban J connectivity index is 1.26. The summed E-state index contributed by atoms with van der Waals surface area (Å²) in [6.45, 7) is 2.87. The van der Waals surface area contributed by atoms with Crippen LogP contribution in [0.4, 0.5) is 19.0 Å². The van der Waals surface area contributed by atoms with E-state index in [1.54, 1.807) is 24.7 Å². The summed E-state index contributed by atoms with van der Waals surface area (Å²) in [7, 11) is 0. The van der Waals surface area contributed by atoms with Crippen molar-refractivity contribution in [1.29, 1.82) is 0 Å². The molecule has 1 aliphatic rings. The summed E-state index contributed by atoms with van der Waals surface area (Å²) in [6, 6.07) is 25.2. The number of aromatic nitrogens is 4. The van der Waals surface area contributed by atoms with Crippen LogP contribution in [0.1, 0.15) is 22.7 Å². The van der Waals surface area contributed by atoms with E-state index in [1.807, 2.05) is 65.3 Å². The van der Waals surface area contributed by atoms with Gasteiger partial charge in [-0.15, -0.1) is 0 Å². The highest BCUT2D eigenvalue weighted by molar-refractivity contribution is 5.87. The topological polar surface area (TPSA) is 50.1 Å². The van der Waals surface area contributed by atoms with Crippen LogP contribution in [0, 0.1) is 0 Å². The van der Waals surface area contributed by atoms with E-state index < -0.39 is 11.7 Å². The number of alkyl halides is 3. The van der Waals surface area contributed by atoms with Crippen LogP contribution >= 0.6 is 0 Å². The molecule has 5 aromatic rings. The van der Waals surface area contributed by atoms with Gasteiger partial charge < -0.3 is 4.90 Å². The standard InChI is InChI=1S/C29H25F3N6/c30-29(31,32)23-13-11-22(12-14-23)26(21-7-3-1-4-8-21)36-15-17-37(18-16-36)27-25-19-35-38(28(25)34-20-33-27)24-9-5-2-6-10-24/h1-14,19-20,26H,15-18H2. The fourth-order valence-corrected chi connectivity index (χ4v) is 5.14. The van der Waals surface area contributed by atoms with Crippen LogP contribution in [-0.4, -0.2) is 50.8 Å². The second kappa shape index (κ2) is 9.90. The molecule has 1 atom stereocenters. The zero-order valence-electron chi connectivity index (χ0n) is 20.5. The highest BCUT2D eigenvalue weighted by Gasteiger charge is 2.32. The van der Waals surface area contributed by atoms with Gasteiger partial charge in [-0.25, -0.2) is 14.6 Å². The summed E-state index contributed by atoms with van der Waals surface area (Å²) < 4.78 is 41.4. The number of halogens is 3. The van der Waals surface area contributed by atoms with E-state index in [0.29, 0.717) is 13.1 Å². The van der Waals surface area contributed by atoms with Crippen molar-refractivity contribution in [3.8, 4) is 5.69 Å². The van der Waals surface area contributed by atoms with Crippen LogP contribution < -0.4 is 4.90 Å². The lowest BCUT2D eigenvalue weighted by Gasteiger charge is -2.40. The van der Waals surface area contributed by atoms with Crippen molar-refractivity contribution < 1.29 is 13.2 Å². The number of nitrogens with zero attached hydrogens (tertiary/aromatic N) is 6. The second-order valence-electron chi connectivity index (χ2n) is 9.28. The van der Waals surface area contributed by atoms with Gasteiger partial charge in [-0.3, -0.25) is 4.90 Å². The van der Waals surface area contributed by atoms with Crippen molar-refractivity contribution in [2.45, 2.75) is 12.2 Å². The van der Waals surface area contributed by atoms with Crippen molar-refractivity contribution in [3.63, 3.8) is 0 Å². The van der Waals surface area contributed by atoms with Crippen LogP contribution in [0.3, 0.4) is 0 Å². The van der Waals surface area contributed by atoms with Crippen LogP contribution in [0.15, 0.2) is 97.5 Å². The van der Waals surface area contributed by atoms with Gasteiger partial charge in [0.15, 0.2) is 5.65 Å². The van der Waals surface area contributed by atoms with E-state index in [0.717, 1.165) is 46.8 Å². The van der Waals surface area contributed by atoms with Gasteiger partial charge in [0.2, 0.25) is 0 Å². The molecule has 0 radical (unpaired) electrons. The monoisotopic (exact) mass is 514 g/mol. The quantitative estimate of drug-likeness (QED) is 0.299. The minimum absolute atomic E-state index is 0.146. The molecule has 0 amide bonds. The molecule has 1 fully saturated rings. The lowest BCUT2D eigenvalue weighted by Crippen LogP contribution is -2.48. The molecular formula is C29H25F3N6. The number of rotatable bonds is 5. The minimum Gasteiger partial charge on any atom is -0.353 e. The smallest absolute Gasteiger partial charge is 0.353 e. The number of anilines is 1. The van der Waals surface area contributed by atoms with Crippen LogP contribution in [0.25, 0.3) is 16.7 Å². The number of piperazine rings is 1. The van der Waals surface area contributed by atoms with E-state index in [-0.39, 0.29) is 6.04 Å². The maximum atomic E-state index is 13.2. The van der Waals surface area contributed by atoms with E-state index >= 15 is 0 Å². The number of fused-ring (bicyclic) bond motifs is 1. The van der Waals surface area contributed by atoms with Gasteiger partial charge in [0.05, 0.1) is 28.9 Å². The predicted octanol–water partition coefficient (Wildman–Crippen LogP) is 5.75. The molecule has 38 heavy (non-hydrogen) atoms. The molecule has 0 bridgehead atoms. The third-order valence-electron chi connectivity index (χ3n) is 6.99. The van der Waals surface area contributed by atoms with Crippen molar-refractivity contribution in [1.82, 2.24) is 24.6 Å². The number of para-hydroxylation sites is 1. The minimum atomic E-state index is -4.36. The molecular weight excluding hydrogens is 489 g/mol. The number of hydrogen-bond donors (Lipinski definition) is 0. The van der Waals surface area contributed by atoms with Gasteiger partial charge in [0.25, 0.3) is 0 Å². The fraction of sp³-hybridized carbons (Fsp3) is 0.207. The number of hydrogen-bond acceptors (Lipinski definition) is 5. The Bertz CT molecular complexity index is 1510. The van der Waals surface area contributed by atoms with Crippen LogP contribution in [0.5, 0.6) is 0 Å². The largest absolute Gasteiger partial charge is 0.416 e. The highest BCUT2D eigenvalue weighted by Crippen LogP contribution is 2.34. The third-order valence-corrected chi connectivity index (χ3v) is 6.99. The molecule has 3 aromatic carbocycles. The average Bonchev–Trinajstić information content (AvgIpc) is 3.39. The Hall–Kier alpha value is -4.24. The summed E-state index contributed by atoms with van der Waals surface area (Å²) >= 11 is 0. The van der Waals surface area contributed by atoms with Gasteiger partial charge in [0, 0.05) is 26.2 Å². The maximum Gasteiger partial charge on any atom is 0.416 e. The number of benzene rings is 3. The molecule has 0 saturated carbocycles. The molecule has 0 N–H and O–H groups in total. The maximum absolute atomic E-state index is 13.2. The van der Waals surface area contributed by atoms with Crippen molar-refractivity contribution in [2.75, 3.05) is 31.1 Å². The first-order valence-corrected chi connectivity index (χ1v) is 12.4. The summed E-state index contributed by atoms with van der Waals surface area (Å²) in [5.74, 6) is 0.836. The van der Waals surface area contributed by atoms with Gasteiger partial charge in [-0.05, 0) is 35.4 Å². The van der Waals surface area contributed by atoms with E-state index in [2.05, 4.69) is 24.9 Å². The first-order valence-electron chi connectivity index (χ1n) is 12.4. The van der Waals surface area contributed by atoms with Crippen LogP contribution in [-0.2, 0) is 6.18 Å². The second-order valence-corrected chi connectivity index (χ2v) is 9.28. The molecule has 0 aliphatic carbocycles. The lowest BCUT2D eigenvalue weighted by molar-refractivity contribution is -0.137. The molecule has 3 heterocycles. The van der Waals surface area contributed by atoms with Crippen molar-refractivity contribution >= 4 is 16.9 Å². The zero-order valence-corrected chi connectivity index (χ0v) is 20.5. The first-order chi connectivity index (χ1) is 18.5. The summed E-state index contributed by atoms with van der Waals surface area (Å²) in [6.07, 6.45) is -0.983. The van der Waals surface area contributed by atoms with E-state index in [1.165, 1.54) is 12.1 Å². The predicted molar refractivity (Wildman–Crippen MR) is 140 cm³/mol. The van der Waals surface area contributed by atoms with Gasteiger partial charge in [0.1, 0.15) is 12.1 Å². The molecule has 192 valence electrons. The summed E-state index contributed by atoms with van der Waals surface area (Å²) in [5, 5.41) is 5.45. The molecule has 0 spiro atoms. The van der Waals surface area contributed by atoms with Gasteiger partial charge >= 0.3 is 6.18 Å². The molecule has 1 unspecified atom stereocenters. The van der Waals surface area contributed by atoms with Crippen LogP contribution in [0.2, 0.25) is 0 Å². The first kappa shape index (κ1) is 24.1. The van der Waals surface area contributed by atoms with Crippen molar-refractivity contribution in [3.05, 3.63) is 114 Å². The molecule has 6 nitrogen and oxygen atoms in total. The lowest BCUT2D eigenvalue weighted by atomic mass is 9.95. The molecule has 9 heteroatoms. The van der Waals surface area contributed by atoms with E-state index in [4.69, 9.17) is 0 Å². The Morgan fingerprint density at radius 3 is 2.00 bits per heavy atom. The summed E-state index contributed by atoms with van der Waals surface area (Å²) in [5.41, 5.74) is 2.93. The van der Waals surface area contributed by atoms with E-state index in [9.17, 15) is 13.2 Å². The highest BCUT2D eigenvalue weighted by atomic mass is 19.4. The van der Waals surface area contributed by atoms with Crippen molar-refractivity contribution in [2.24, 2.45) is 0 Å². The molecule has 2 aromatic heterocycles. The third kappa shape index (κ3) is 4.61. The Morgan fingerprint density at radius 2 is 1.34 bits per heavy atom. The van der Waals surface area contributed by atoms with Gasteiger partial charge in [-0.2, -0.15) is 18.3 Å². The molecule has 1 aliphatic heterocycles. The Morgan fingerprint density at radius 1 is 0.711 bits per heavy atom. The molecule has 1 saturated heterocycles. The molecule has 6 rings (SSSR count). The average molecular weight is 515 g/mol. The Kier molecular flexibility index (Phi) is 6.29. The SMILES string of the molecule is FC(F)(F)c1ccc(C(c2ccccc2)N2CCN(c3ncnc4c3cnn4-c3ccccc3)CC2)cc1. The van der Waals surface area contributed by atoms with Gasteiger partial charge in [-0.1, -0.05) is 60.7 Å². The fourth-order valence-electron chi connectivity index (χ4n) is 5.14. The normalized spacial score (nSPS) is 15.6.